The normalized spacial score (nSPS) is 20.1. The predicted molar refractivity (Wildman–Crippen MR) is 119 cm³/mol. The molecule has 2 aliphatic rings. The van der Waals surface area contributed by atoms with E-state index in [0.29, 0.717) is 12.4 Å². The maximum atomic E-state index is 11.7. The minimum Gasteiger partial charge on any atom is -0.480 e. The van der Waals surface area contributed by atoms with Gasteiger partial charge in [-0.1, -0.05) is 38.8 Å². The van der Waals surface area contributed by atoms with Crippen LogP contribution in [0.5, 0.6) is 0 Å². The molecule has 4 rings (SSSR count). The van der Waals surface area contributed by atoms with E-state index in [1.165, 1.54) is 25.7 Å². The van der Waals surface area contributed by atoms with Crippen LogP contribution in [0.4, 0.5) is 5.82 Å². The first-order chi connectivity index (χ1) is 14.5. The molecule has 1 aromatic carbocycles. The zero-order chi connectivity index (χ0) is 21.1. The summed E-state index contributed by atoms with van der Waals surface area (Å²) in [4.78, 5) is 26.3. The van der Waals surface area contributed by atoms with Crippen LogP contribution in [-0.2, 0) is 11.3 Å². The second-order valence-corrected chi connectivity index (χ2v) is 8.96. The molecule has 2 heterocycles. The van der Waals surface area contributed by atoms with E-state index >= 15 is 0 Å². The molecule has 1 aromatic heterocycles. The average molecular weight is 412 g/mol. The Balaban J connectivity index is 1.49. The lowest BCUT2D eigenvalue weighted by atomic mass is 10.0. The Hall–Kier alpha value is -2.25. The van der Waals surface area contributed by atoms with Crippen molar-refractivity contribution in [1.29, 1.82) is 0 Å². The van der Waals surface area contributed by atoms with Gasteiger partial charge in [0.1, 0.15) is 17.7 Å². The van der Waals surface area contributed by atoms with Crippen molar-refractivity contribution in [2.45, 2.75) is 58.2 Å². The van der Waals surface area contributed by atoms with E-state index < -0.39 is 12.0 Å². The Labute approximate surface area is 178 Å². The zero-order valence-electron chi connectivity index (χ0n) is 18.0. The molecule has 0 bridgehead atoms. The van der Waals surface area contributed by atoms with Gasteiger partial charge in [-0.15, -0.1) is 0 Å². The molecule has 7 heteroatoms. The highest BCUT2D eigenvalue weighted by molar-refractivity contribution is 5.91. The van der Waals surface area contributed by atoms with Gasteiger partial charge in [0.15, 0.2) is 0 Å². The third-order valence-corrected chi connectivity index (χ3v) is 6.49. The Morgan fingerprint density at radius 3 is 2.50 bits per heavy atom. The standard InChI is InChI=1S/C23H33N5O2/c1-16(2)21(23(29)30)26-22-18-9-5-6-10-19(18)24-20(25-22)15-27-11-13-28(14-12-27)17-7-3-4-8-17/h5-6,9-10,16-17,21H,3-4,7-8,11-15H2,1-2H3,(H,29,30)(H,24,25,26)/t21-/m0/s1. The van der Waals surface area contributed by atoms with E-state index in [2.05, 4.69) is 15.1 Å². The maximum absolute atomic E-state index is 11.7. The minimum absolute atomic E-state index is 0.0525. The number of rotatable bonds is 7. The highest BCUT2D eigenvalue weighted by Crippen LogP contribution is 2.25. The number of carboxylic acid groups (broad SMARTS) is 1. The van der Waals surface area contributed by atoms with Gasteiger partial charge in [-0.3, -0.25) is 9.80 Å². The van der Waals surface area contributed by atoms with Crippen molar-refractivity contribution in [1.82, 2.24) is 19.8 Å². The van der Waals surface area contributed by atoms with Gasteiger partial charge in [0.2, 0.25) is 0 Å². The third kappa shape index (κ3) is 4.73. The lowest BCUT2D eigenvalue weighted by molar-refractivity contribution is -0.138. The molecule has 162 valence electrons. The predicted octanol–water partition coefficient (Wildman–Crippen LogP) is 3.21. The summed E-state index contributed by atoms with van der Waals surface area (Å²) < 4.78 is 0. The van der Waals surface area contributed by atoms with Gasteiger partial charge < -0.3 is 10.4 Å². The smallest absolute Gasteiger partial charge is 0.326 e. The van der Waals surface area contributed by atoms with E-state index in [1.807, 2.05) is 38.1 Å². The Bertz CT molecular complexity index is 873. The van der Waals surface area contributed by atoms with E-state index in [4.69, 9.17) is 9.97 Å². The van der Waals surface area contributed by atoms with E-state index in [9.17, 15) is 9.90 Å². The molecule has 2 fully saturated rings. The first-order valence-electron chi connectivity index (χ1n) is 11.2. The number of piperazine rings is 1. The van der Waals surface area contributed by atoms with Crippen LogP contribution in [0.2, 0.25) is 0 Å². The number of hydrogen-bond acceptors (Lipinski definition) is 6. The van der Waals surface area contributed by atoms with Gasteiger partial charge in [-0.2, -0.15) is 0 Å². The summed E-state index contributed by atoms with van der Waals surface area (Å²) in [5.41, 5.74) is 0.850. The molecular weight excluding hydrogens is 378 g/mol. The molecule has 2 aromatic rings. The molecule has 0 amide bonds. The van der Waals surface area contributed by atoms with Gasteiger partial charge in [0.25, 0.3) is 0 Å². The molecule has 1 saturated carbocycles. The van der Waals surface area contributed by atoms with Gasteiger partial charge in [-0.05, 0) is 30.9 Å². The van der Waals surface area contributed by atoms with Crippen molar-refractivity contribution < 1.29 is 9.90 Å². The Morgan fingerprint density at radius 1 is 1.13 bits per heavy atom. The van der Waals surface area contributed by atoms with Crippen LogP contribution < -0.4 is 5.32 Å². The van der Waals surface area contributed by atoms with Crippen LogP contribution in [-0.4, -0.2) is 69.1 Å². The van der Waals surface area contributed by atoms with E-state index in [-0.39, 0.29) is 5.92 Å². The molecule has 0 radical (unpaired) electrons. The fourth-order valence-corrected chi connectivity index (χ4v) is 4.72. The largest absolute Gasteiger partial charge is 0.480 e. The fourth-order valence-electron chi connectivity index (χ4n) is 4.72. The van der Waals surface area contributed by atoms with Crippen molar-refractivity contribution in [3.63, 3.8) is 0 Å². The van der Waals surface area contributed by atoms with Gasteiger partial charge in [0, 0.05) is 37.6 Å². The molecule has 2 N–H and O–H groups in total. The molecular formula is C23H33N5O2. The molecule has 1 aliphatic heterocycles. The highest BCUT2D eigenvalue weighted by Gasteiger charge is 2.27. The second kappa shape index (κ2) is 9.27. The van der Waals surface area contributed by atoms with Crippen molar-refractivity contribution in [3.8, 4) is 0 Å². The summed E-state index contributed by atoms with van der Waals surface area (Å²) in [6.45, 7) is 8.77. The van der Waals surface area contributed by atoms with Gasteiger partial charge >= 0.3 is 5.97 Å². The number of fused-ring (bicyclic) bond motifs is 1. The molecule has 1 atom stereocenters. The van der Waals surface area contributed by atoms with Gasteiger partial charge in [-0.25, -0.2) is 14.8 Å². The van der Waals surface area contributed by atoms with Crippen LogP contribution in [0.3, 0.4) is 0 Å². The summed E-state index contributed by atoms with van der Waals surface area (Å²) in [6.07, 6.45) is 5.45. The first-order valence-corrected chi connectivity index (χ1v) is 11.2. The van der Waals surface area contributed by atoms with Crippen LogP contribution in [0.1, 0.15) is 45.4 Å². The Morgan fingerprint density at radius 2 is 1.83 bits per heavy atom. The molecule has 7 nitrogen and oxygen atoms in total. The molecule has 0 unspecified atom stereocenters. The number of carboxylic acids is 1. The SMILES string of the molecule is CC(C)[C@H](Nc1nc(CN2CCN(C3CCCC3)CC2)nc2ccccc12)C(=O)O. The van der Waals surface area contributed by atoms with Crippen LogP contribution in [0, 0.1) is 5.92 Å². The number of aliphatic carboxylic acids is 1. The lowest BCUT2D eigenvalue weighted by Crippen LogP contribution is -2.49. The van der Waals surface area contributed by atoms with Crippen molar-refractivity contribution in [2.75, 3.05) is 31.5 Å². The summed E-state index contributed by atoms with van der Waals surface area (Å²) in [7, 11) is 0. The molecule has 0 spiro atoms. The van der Waals surface area contributed by atoms with Crippen molar-refractivity contribution in [2.24, 2.45) is 5.92 Å². The lowest BCUT2D eigenvalue weighted by Gasteiger charge is -2.37. The summed E-state index contributed by atoms with van der Waals surface area (Å²) in [6, 6.07) is 7.90. The number of nitrogens with one attached hydrogen (secondary N) is 1. The number of para-hydroxylation sites is 1. The fraction of sp³-hybridized carbons (Fsp3) is 0.609. The monoisotopic (exact) mass is 411 g/mol. The van der Waals surface area contributed by atoms with Crippen LogP contribution in [0.25, 0.3) is 10.9 Å². The summed E-state index contributed by atoms with van der Waals surface area (Å²) >= 11 is 0. The number of anilines is 1. The number of aromatic nitrogens is 2. The summed E-state index contributed by atoms with van der Waals surface area (Å²) in [5.74, 6) is 0.445. The van der Waals surface area contributed by atoms with Crippen LogP contribution >= 0.6 is 0 Å². The maximum Gasteiger partial charge on any atom is 0.326 e. The second-order valence-electron chi connectivity index (χ2n) is 8.96. The minimum atomic E-state index is -0.864. The molecule has 1 aliphatic carbocycles. The topological polar surface area (TPSA) is 81.6 Å². The van der Waals surface area contributed by atoms with Crippen molar-refractivity contribution in [3.05, 3.63) is 30.1 Å². The average Bonchev–Trinajstić information content (AvgIpc) is 3.27. The zero-order valence-corrected chi connectivity index (χ0v) is 18.0. The highest BCUT2D eigenvalue weighted by atomic mass is 16.4. The third-order valence-electron chi connectivity index (χ3n) is 6.49. The quantitative estimate of drug-likeness (QED) is 0.724. The molecule has 1 saturated heterocycles. The Kier molecular flexibility index (Phi) is 6.49. The number of carbonyl (C=O) groups is 1. The first kappa shape index (κ1) is 21.0. The number of nitrogens with zero attached hydrogens (tertiary/aromatic N) is 4. The number of hydrogen-bond donors (Lipinski definition) is 2. The van der Waals surface area contributed by atoms with Crippen molar-refractivity contribution >= 4 is 22.7 Å². The van der Waals surface area contributed by atoms with Crippen LogP contribution in [0.15, 0.2) is 24.3 Å². The van der Waals surface area contributed by atoms with E-state index in [0.717, 1.165) is 48.9 Å². The number of benzene rings is 1. The summed E-state index contributed by atoms with van der Waals surface area (Å²) in [5, 5.41) is 13.6. The van der Waals surface area contributed by atoms with E-state index in [1.54, 1.807) is 0 Å². The molecule has 30 heavy (non-hydrogen) atoms. The van der Waals surface area contributed by atoms with Gasteiger partial charge in [0.05, 0.1) is 12.1 Å².